The third kappa shape index (κ3) is 3.17. The molecule has 24 heavy (non-hydrogen) atoms. The molecule has 0 saturated heterocycles. The number of non-ortho nitro benzene ring substituents is 1. The predicted octanol–water partition coefficient (Wildman–Crippen LogP) is 2.07. The number of benzene rings is 1. The molecule has 1 aromatic heterocycles. The number of nitriles is 1. The third-order valence-electron chi connectivity index (χ3n) is 3.35. The minimum Gasteiger partial charge on any atom is -0.390 e. The highest BCUT2D eigenvalue weighted by atomic mass is 16.6. The summed E-state index contributed by atoms with van der Waals surface area (Å²) in [5.74, 6) is -1.56. The van der Waals surface area contributed by atoms with E-state index in [4.69, 9.17) is 4.42 Å². The van der Waals surface area contributed by atoms with Gasteiger partial charge in [0, 0.05) is 19.2 Å². The fourth-order valence-electron chi connectivity index (χ4n) is 2.19. The van der Waals surface area contributed by atoms with Crippen LogP contribution in [-0.2, 0) is 4.79 Å². The van der Waals surface area contributed by atoms with Gasteiger partial charge in [-0.15, -0.1) is 0 Å². The fraction of sp³-hybridized carbons (Fsp3) is 0.267. The lowest BCUT2D eigenvalue weighted by atomic mass is 10.1. The van der Waals surface area contributed by atoms with Crippen molar-refractivity contribution < 1.29 is 18.6 Å². The molecule has 124 valence electrons. The van der Waals surface area contributed by atoms with Crippen molar-refractivity contribution in [3.05, 3.63) is 44.0 Å². The highest BCUT2D eigenvalue weighted by molar-refractivity contribution is 6.02. The molecule has 0 aliphatic heterocycles. The van der Waals surface area contributed by atoms with E-state index < -0.39 is 22.3 Å². The standard InChI is InChI=1S/C15H13N3O6/c1-3-17(4-2)14(19)10(8-16)5-9-6-11(18(21)22)13-12(7-9)23-15(20)24-13/h5-7H,3-4H2,1-2H3. The Kier molecular flexibility index (Phi) is 4.79. The fourth-order valence-corrected chi connectivity index (χ4v) is 2.19. The maximum Gasteiger partial charge on any atom is 0.519 e. The molecule has 2 rings (SSSR count). The molecule has 9 heteroatoms. The smallest absolute Gasteiger partial charge is 0.390 e. The van der Waals surface area contributed by atoms with E-state index in [-0.39, 0.29) is 22.3 Å². The Hall–Kier alpha value is -3.41. The quantitative estimate of drug-likeness (QED) is 0.354. The lowest BCUT2D eigenvalue weighted by molar-refractivity contribution is -0.383. The van der Waals surface area contributed by atoms with E-state index in [0.717, 1.165) is 6.07 Å². The first-order valence-corrected chi connectivity index (χ1v) is 7.04. The Balaban J connectivity index is 2.59. The second kappa shape index (κ2) is 6.78. The zero-order chi connectivity index (χ0) is 17.9. The molecule has 0 saturated carbocycles. The van der Waals surface area contributed by atoms with Gasteiger partial charge in [-0.25, -0.2) is 4.79 Å². The number of nitro benzene ring substituents is 1. The summed E-state index contributed by atoms with van der Waals surface area (Å²) in [5.41, 5.74) is -0.921. The second-order valence-corrected chi connectivity index (χ2v) is 4.73. The number of nitrogens with zero attached hydrogens (tertiary/aromatic N) is 3. The van der Waals surface area contributed by atoms with Gasteiger partial charge in [-0.1, -0.05) is 0 Å². The minimum atomic E-state index is -1.08. The Bertz CT molecular complexity index is 927. The number of likely N-dealkylation sites (N-methyl/N-ethyl adjacent to an activating group) is 1. The monoisotopic (exact) mass is 331 g/mol. The van der Waals surface area contributed by atoms with E-state index in [1.165, 1.54) is 17.0 Å². The molecule has 0 atom stereocenters. The first-order chi connectivity index (χ1) is 11.4. The predicted molar refractivity (Wildman–Crippen MR) is 82.9 cm³/mol. The summed E-state index contributed by atoms with van der Waals surface area (Å²) in [6.45, 7) is 4.38. The Morgan fingerprint density at radius 3 is 2.58 bits per heavy atom. The SMILES string of the molecule is CCN(CC)C(=O)C(C#N)=Cc1cc([N+](=O)[O-])c2oc(=O)oc2c1. The lowest BCUT2D eigenvalue weighted by Gasteiger charge is -2.17. The lowest BCUT2D eigenvalue weighted by Crippen LogP contribution is -2.31. The molecule has 0 aliphatic carbocycles. The summed E-state index contributed by atoms with van der Waals surface area (Å²) in [7, 11) is 0. The zero-order valence-electron chi connectivity index (χ0n) is 12.9. The van der Waals surface area contributed by atoms with Crippen LogP contribution in [-0.4, -0.2) is 28.8 Å². The van der Waals surface area contributed by atoms with Crippen molar-refractivity contribution in [2.45, 2.75) is 13.8 Å². The number of hydrogen-bond acceptors (Lipinski definition) is 7. The Labute approximate surface area is 135 Å². The van der Waals surface area contributed by atoms with Crippen molar-refractivity contribution in [2.75, 3.05) is 13.1 Å². The largest absolute Gasteiger partial charge is 0.519 e. The molecular weight excluding hydrogens is 318 g/mol. The summed E-state index contributed by atoms with van der Waals surface area (Å²) in [5, 5.41) is 20.3. The highest BCUT2D eigenvalue weighted by Crippen LogP contribution is 2.28. The third-order valence-corrected chi connectivity index (χ3v) is 3.35. The average Bonchev–Trinajstić information content (AvgIpc) is 2.92. The van der Waals surface area contributed by atoms with Gasteiger partial charge < -0.3 is 13.7 Å². The zero-order valence-corrected chi connectivity index (χ0v) is 12.9. The van der Waals surface area contributed by atoms with Crippen molar-refractivity contribution in [2.24, 2.45) is 0 Å². The maximum atomic E-state index is 12.2. The van der Waals surface area contributed by atoms with Crippen LogP contribution in [0.3, 0.4) is 0 Å². The first kappa shape index (κ1) is 17.0. The van der Waals surface area contributed by atoms with Gasteiger partial charge in [-0.05, 0) is 31.6 Å². The van der Waals surface area contributed by atoms with E-state index in [9.17, 15) is 25.0 Å². The van der Waals surface area contributed by atoms with Crippen LogP contribution < -0.4 is 5.82 Å². The van der Waals surface area contributed by atoms with Crippen LogP contribution >= 0.6 is 0 Å². The van der Waals surface area contributed by atoms with Crippen LogP contribution in [0.1, 0.15) is 19.4 Å². The van der Waals surface area contributed by atoms with E-state index in [0.29, 0.717) is 13.1 Å². The number of fused-ring (bicyclic) bond motifs is 1. The van der Waals surface area contributed by atoms with Gasteiger partial charge in [0.25, 0.3) is 11.5 Å². The van der Waals surface area contributed by atoms with Crippen LogP contribution in [0, 0.1) is 21.4 Å². The van der Waals surface area contributed by atoms with Crippen molar-refractivity contribution >= 4 is 28.8 Å². The highest BCUT2D eigenvalue weighted by Gasteiger charge is 2.21. The molecule has 0 spiro atoms. The van der Waals surface area contributed by atoms with E-state index in [1.807, 2.05) is 0 Å². The summed E-state index contributed by atoms with van der Waals surface area (Å²) < 4.78 is 9.37. The minimum absolute atomic E-state index is 0.131. The van der Waals surface area contributed by atoms with Crippen molar-refractivity contribution in [1.82, 2.24) is 4.90 Å². The average molecular weight is 331 g/mol. The van der Waals surface area contributed by atoms with Crippen LogP contribution in [0.4, 0.5) is 5.69 Å². The Morgan fingerprint density at radius 1 is 1.38 bits per heavy atom. The van der Waals surface area contributed by atoms with E-state index in [2.05, 4.69) is 4.42 Å². The summed E-state index contributed by atoms with van der Waals surface area (Å²) in [6, 6.07) is 4.18. The van der Waals surface area contributed by atoms with Crippen LogP contribution in [0.15, 0.2) is 31.3 Å². The number of nitro groups is 1. The molecule has 2 aromatic rings. The molecule has 9 nitrogen and oxygen atoms in total. The molecule has 0 aliphatic rings. The number of carbonyl (C=O) groups excluding carboxylic acids is 1. The number of rotatable bonds is 5. The summed E-state index contributed by atoms with van der Waals surface area (Å²) in [6.07, 6.45) is 1.21. The van der Waals surface area contributed by atoms with Gasteiger partial charge in [-0.3, -0.25) is 14.9 Å². The van der Waals surface area contributed by atoms with Crippen molar-refractivity contribution in [3.8, 4) is 6.07 Å². The molecule has 0 N–H and O–H groups in total. The van der Waals surface area contributed by atoms with Crippen LogP contribution in [0.2, 0.25) is 0 Å². The van der Waals surface area contributed by atoms with Gasteiger partial charge in [0.05, 0.1) is 4.92 Å². The topological polar surface area (TPSA) is 131 Å². The summed E-state index contributed by atoms with van der Waals surface area (Å²) in [4.78, 5) is 35.2. The molecule has 1 amide bonds. The normalized spacial score (nSPS) is 11.3. The van der Waals surface area contributed by atoms with Crippen molar-refractivity contribution in [3.63, 3.8) is 0 Å². The molecule has 0 radical (unpaired) electrons. The van der Waals surface area contributed by atoms with Gasteiger partial charge in [0.15, 0.2) is 5.58 Å². The van der Waals surface area contributed by atoms with E-state index >= 15 is 0 Å². The molecule has 1 aromatic carbocycles. The Morgan fingerprint density at radius 2 is 2.04 bits per heavy atom. The van der Waals surface area contributed by atoms with Gasteiger partial charge in [0.2, 0.25) is 0 Å². The number of hydrogen-bond donors (Lipinski definition) is 0. The molecular formula is C15H13N3O6. The second-order valence-electron chi connectivity index (χ2n) is 4.73. The number of amides is 1. The van der Waals surface area contributed by atoms with E-state index in [1.54, 1.807) is 19.9 Å². The van der Waals surface area contributed by atoms with Gasteiger partial charge >= 0.3 is 11.5 Å². The molecule has 1 heterocycles. The molecule has 0 bridgehead atoms. The summed E-state index contributed by atoms with van der Waals surface area (Å²) >= 11 is 0. The number of carbonyl (C=O) groups is 1. The molecule has 0 unspecified atom stereocenters. The first-order valence-electron chi connectivity index (χ1n) is 7.04. The van der Waals surface area contributed by atoms with Gasteiger partial charge in [0.1, 0.15) is 11.6 Å². The van der Waals surface area contributed by atoms with Crippen molar-refractivity contribution in [1.29, 1.82) is 5.26 Å². The molecule has 0 fully saturated rings. The maximum absolute atomic E-state index is 12.2. The van der Waals surface area contributed by atoms with Crippen LogP contribution in [0.5, 0.6) is 0 Å². The van der Waals surface area contributed by atoms with Gasteiger partial charge in [-0.2, -0.15) is 5.26 Å². The van der Waals surface area contributed by atoms with Crippen LogP contribution in [0.25, 0.3) is 17.2 Å².